The zero-order valence-corrected chi connectivity index (χ0v) is 9.49. The summed E-state index contributed by atoms with van der Waals surface area (Å²) in [7, 11) is 3.61. The van der Waals surface area contributed by atoms with Crippen LogP contribution in [0.15, 0.2) is 0 Å². The van der Waals surface area contributed by atoms with E-state index in [0.29, 0.717) is 6.61 Å². The summed E-state index contributed by atoms with van der Waals surface area (Å²) in [6, 6.07) is 0. The van der Waals surface area contributed by atoms with Crippen molar-refractivity contribution in [2.24, 2.45) is 5.92 Å². The first-order chi connectivity index (χ1) is 7.16. The second-order valence-electron chi connectivity index (χ2n) is 4.75. The quantitative estimate of drug-likeness (QED) is 0.617. The number of rotatable bonds is 1. The Bertz CT molecular complexity index is 246. The third-order valence-electron chi connectivity index (χ3n) is 3.55. The van der Waals surface area contributed by atoms with Crippen LogP contribution in [-0.2, 0) is 14.6 Å². The molecule has 2 rings (SSSR count). The molecule has 4 nitrogen and oxygen atoms in total. The molecule has 1 heterocycles. The molecule has 2 unspecified atom stereocenters. The molecule has 2 atom stereocenters. The second kappa shape index (κ2) is 4.10. The van der Waals surface area contributed by atoms with Crippen molar-refractivity contribution in [3.05, 3.63) is 0 Å². The van der Waals surface area contributed by atoms with Crippen LogP contribution in [0.1, 0.15) is 32.1 Å². The first kappa shape index (κ1) is 10.9. The predicted molar refractivity (Wildman–Crippen MR) is 55.0 cm³/mol. The van der Waals surface area contributed by atoms with Crippen LogP contribution in [0.2, 0.25) is 0 Å². The highest BCUT2D eigenvalue weighted by atomic mass is 17.2. The summed E-state index contributed by atoms with van der Waals surface area (Å²) in [5.74, 6) is 0.170. The van der Waals surface area contributed by atoms with Crippen LogP contribution in [0.4, 0.5) is 0 Å². The minimum absolute atomic E-state index is 0.0104. The SMILES string of the molecule is CN(C)C(=O)C1CCCCC12CCOO2. The van der Waals surface area contributed by atoms with Gasteiger partial charge in [0.1, 0.15) is 5.60 Å². The molecule has 0 aromatic carbocycles. The summed E-state index contributed by atoms with van der Waals surface area (Å²) in [6.45, 7) is 0.622. The van der Waals surface area contributed by atoms with Gasteiger partial charge in [-0.05, 0) is 12.8 Å². The van der Waals surface area contributed by atoms with E-state index in [1.165, 1.54) is 0 Å². The molecule has 1 saturated heterocycles. The van der Waals surface area contributed by atoms with Crippen molar-refractivity contribution in [2.75, 3.05) is 20.7 Å². The summed E-state index contributed by atoms with van der Waals surface area (Å²) < 4.78 is 0. The molecular weight excluding hydrogens is 194 g/mol. The molecule has 0 aromatic heterocycles. The average molecular weight is 213 g/mol. The van der Waals surface area contributed by atoms with Crippen LogP contribution in [0.5, 0.6) is 0 Å². The van der Waals surface area contributed by atoms with E-state index in [1.54, 1.807) is 19.0 Å². The van der Waals surface area contributed by atoms with Gasteiger partial charge in [-0.3, -0.25) is 4.79 Å². The Balaban J connectivity index is 2.15. The molecule has 2 aliphatic rings. The third kappa shape index (κ3) is 1.88. The topological polar surface area (TPSA) is 38.8 Å². The fourth-order valence-corrected chi connectivity index (χ4v) is 2.68. The smallest absolute Gasteiger partial charge is 0.228 e. The maximum atomic E-state index is 12.0. The van der Waals surface area contributed by atoms with Crippen molar-refractivity contribution in [3.8, 4) is 0 Å². The lowest BCUT2D eigenvalue weighted by atomic mass is 9.73. The van der Waals surface area contributed by atoms with Gasteiger partial charge in [-0.25, -0.2) is 9.78 Å². The monoisotopic (exact) mass is 213 g/mol. The molecular formula is C11H19NO3. The Hall–Kier alpha value is -0.610. The van der Waals surface area contributed by atoms with Crippen molar-refractivity contribution >= 4 is 5.91 Å². The lowest BCUT2D eigenvalue weighted by Crippen LogP contribution is -2.48. The summed E-state index contributed by atoms with van der Waals surface area (Å²) in [4.78, 5) is 24.2. The molecule has 86 valence electrons. The second-order valence-corrected chi connectivity index (χ2v) is 4.75. The van der Waals surface area contributed by atoms with Crippen molar-refractivity contribution in [2.45, 2.75) is 37.7 Å². The Labute approximate surface area is 90.5 Å². The van der Waals surface area contributed by atoms with Crippen molar-refractivity contribution in [1.29, 1.82) is 0 Å². The Kier molecular flexibility index (Phi) is 2.98. The molecule has 1 aliphatic heterocycles. The third-order valence-corrected chi connectivity index (χ3v) is 3.55. The number of hydrogen-bond acceptors (Lipinski definition) is 3. The van der Waals surface area contributed by atoms with Gasteiger partial charge in [0.2, 0.25) is 5.91 Å². The molecule has 1 spiro atoms. The molecule has 2 fully saturated rings. The van der Waals surface area contributed by atoms with E-state index < -0.39 is 0 Å². The maximum Gasteiger partial charge on any atom is 0.228 e. The Morgan fingerprint density at radius 3 is 2.73 bits per heavy atom. The van der Waals surface area contributed by atoms with E-state index in [1.807, 2.05) is 0 Å². The molecule has 0 radical (unpaired) electrons. The highest BCUT2D eigenvalue weighted by Gasteiger charge is 2.49. The van der Waals surface area contributed by atoms with Gasteiger partial charge in [0.25, 0.3) is 0 Å². The van der Waals surface area contributed by atoms with Crippen molar-refractivity contribution in [1.82, 2.24) is 4.90 Å². The van der Waals surface area contributed by atoms with Crippen molar-refractivity contribution in [3.63, 3.8) is 0 Å². The summed E-state index contributed by atoms with van der Waals surface area (Å²) in [6.07, 6.45) is 5.00. The molecule has 0 N–H and O–H groups in total. The number of carbonyl (C=O) groups is 1. The number of hydrogen-bond donors (Lipinski definition) is 0. The number of carbonyl (C=O) groups excluding carboxylic acids is 1. The van der Waals surface area contributed by atoms with Gasteiger partial charge in [-0.2, -0.15) is 0 Å². The zero-order valence-electron chi connectivity index (χ0n) is 9.49. The van der Waals surface area contributed by atoms with Crippen LogP contribution in [0.25, 0.3) is 0 Å². The van der Waals surface area contributed by atoms with Gasteiger partial charge in [0.15, 0.2) is 0 Å². The highest BCUT2D eigenvalue weighted by Crippen LogP contribution is 2.43. The van der Waals surface area contributed by atoms with E-state index in [9.17, 15) is 4.79 Å². The lowest BCUT2D eigenvalue weighted by Gasteiger charge is -2.38. The van der Waals surface area contributed by atoms with Crippen LogP contribution in [-0.4, -0.2) is 37.1 Å². The normalized spacial score (nSPS) is 35.7. The van der Waals surface area contributed by atoms with Gasteiger partial charge >= 0.3 is 0 Å². The summed E-state index contributed by atoms with van der Waals surface area (Å²) in [5, 5.41) is 0. The zero-order chi connectivity index (χ0) is 10.9. The largest absolute Gasteiger partial charge is 0.348 e. The van der Waals surface area contributed by atoms with E-state index in [-0.39, 0.29) is 17.4 Å². The van der Waals surface area contributed by atoms with Crippen LogP contribution >= 0.6 is 0 Å². The first-order valence-electron chi connectivity index (χ1n) is 5.67. The highest BCUT2D eigenvalue weighted by molar-refractivity contribution is 5.79. The molecule has 1 saturated carbocycles. The van der Waals surface area contributed by atoms with E-state index >= 15 is 0 Å². The fraction of sp³-hybridized carbons (Fsp3) is 0.909. The molecule has 0 aromatic rings. The van der Waals surface area contributed by atoms with E-state index in [2.05, 4.69) is 0 Å². The van der Waals surface area contributed by atoms with Crippen LogP contribution < -0.4 is 0 Å². The standard InChI is InChI=1S/C11H19NO3/c1-12(2)10(13)9-5-3-4-6-11(9)7-8-14-15-11/h9H,3-8H2,1-2H3. The lowest BCUT2D eigenvalue weighted by molar-refractivity contribution is -0.323. The average Bonchev–Trinajstić information content (AvgIpc) is 2.67. The van der Waals surface area contributed by atoms with Gasteiger partial charge in [0.05, 0.1) is 12.5 Å². The Morgan fingerprint density at radius 2 is 2.13 bits per heavy atom. The van der Waals surface area contributed by atoms with Gasteiger partial charge < -0.3 is 4.90 Å². The predicted octanol–water partition coefficient (Wildman–Crippen LogP) is 1.36. The Morgan fingerprint density at radius 1 is 1.33 bits per heavy atom. The summed E-state index contributed by atoms with van der Waals surface area (Å²) in [5.41, 5.74) is -0.320. The van der Waals surface area contributed by atoms with Crippen LogP contribution in [0.3, 0.4) is 0 Å². The summed E-state index contributed by atoms with van der Waals surface area (Å²) >= 11 is 0. The fourth-order valence-electron chi connectivity index (χ4n) is 2.68. The van der Waals surface area contributed by atoms with Gasteiger partial charge in [-0.15, -0.1) is 0 Å². The molecule has 15 heavy (non-hydrogen) atoms. The minimum atomic E-state index is -0.320. The molecule has 4 heteroatoms. The van der Waals surface area contributed by atoms with Crippen molar-refractivity contribution < 1.29 is 14.6 Å². The molecule has 1 aliphatic carbocycles. The number of amides is 1. The van der Waals surface area contributed by atoms with E-state index in [4.69, 9.17) is 9.78 Å². The maximum absolute atomic E-state index is 12.0. The minimum Gasteiger partial charge on any atom is -0.348 e. The molecule has 0 bridgehead atoms. The van der Waals surface area contributed by atoms with E-state index in [0.717, 1.165) is 32.1 Å². The molecule has 1 amide bonds. The number of nitrogens with zero attached hydrogens (tertiary/aromatic N) is 1. The van der Waals surface area contributed by atoms with Gasteiger partial charge in [-0.1, -0.05) is 12.8 Å². The van der Waals surface area contributed by atoms with Gasteiger partial charge in [0, 0.05) is 20.5 Å². The van der Waals surface area contributed by atoms with Crippen LogP contribution in [0, 0.1) is 5.92 Å². The first-order valence-corrected chi connectivity index (χ1v) is 5.67.